The van der Waals surface area contributed by atoms with Gasteiger partial charge in [-0.1, -0.05) is 6.92 Å². The SMILES string of the molecule is CCc1cnc(CN(C)C(=O)C2CCC(N)C2)s1. The quantitative estimate of drug-likeness (QED) is 0.905. The van der Waals surface area contributed by atoms with E-state index in [4.69, 9.17) is 5.73 Å². The van der Waals surface area contributed by atoms with E-state index < -0.39 is 0 Å². The Morgan fingerprint density at radius 3 is 2.94 bits per heavy atom. The van der Waals surface area contributed by atoms with Crippen molar-refractivity contribution in [2.75, 3.05) is 7.05 Å². The molecule has 1 amide bonds. The number of thiazole rings is 1. The number of carbonyl (C=O) groups is 1. The van der Waals surface area contributed by atoms with Crippen LogP contribution in [0.5, 0.6) is 0 Å². The van der Waals surface area contributed by atoms with Crippen LogP contribution >= 0.6 is 11.3 Å². The maximum absolute atomic E-state index is 12.2. The molecule has 0 bridgehead atoms. The first-order valence-corrected chi connectivity index (χ1v) is 7.36. The molecule has 0 aliphatic heterocycles. The highest BCUT2D eigenvalue weighted by atomic mass is 32.1. The lowest BCUT2D eigenvalue weighted by Crippen LogP contribution is -2.32. The number of aryl methyl sites for hydroxylation is 1. The van der Waals surface area contributed by atoms with Crippen molar-refractivity contribution in [3.8, 4) is 0 Å². The Labute approximate surface area is 112 Å². The van der Waals surface area contributed by atoms with Crippen LogP contribution in [0.1, 0.15) is 36.1 Å². The first-order chi connectivity index (χ1) is 8.60. The molecule has 18 heavy (non-hydrogen) atoms. The van der Waals surface area contributed by atoms with Crippen LogP contribution in [0.15, 0.2) is 6.20 Å². The van der Waals surface area contributed by atoms with Crippen LogP contribution in [-0.4, -0.2) is 28.9 Å². The zero-order valence-corrected chi connectivity index (χ0v) is 11.9. The molecule has 2 atom stereocenters. The van der Waals surface area contributed by atoms with Gasteiger partial charge in [-0.3, -0.25) is 4.79 Å². The molecule has 1 aromatic heterocycles. The van der Waals surface area contributed by atoms with Gasteiger partial charge in [0.15, 0.2) is 0 Å². The van der Waals surface area contributed by atoms with Crippen molar-refractivity contribution in [2.45, 2.75) is 45.2 Å². The summed E-state index contributed by atoms with van der Waals surface area (Å²) in [7, 11) is 1.86. The van der Waals surface area contributed by atoms with E-state index in [0.29, 0.717) is 6.54 Å². The third-order valence-corrected chi connectivity index (χ3v) is 4.65. The highest BCUT2D eigenvalue weighted by Crippen LogP contribution is 2.26. The van der Waals surface area contributed by atoms with Crippen LogP contribution in [0.25, 0.3) is 0 Å². The molecule has 4 nitrogen and oxygen atoms in total. The van der Waals surface area contributed by atoms with E-state index in [-0.39, 0.29) is 17.9 Å². The van der Waals surface area contributed by atoms with Gasteiger partial charge in [0.1, 0.15) is 5.01 Å². The van der Waals surface area contributed by atoms with E-state index in [0.717, 1.165) is 30.7 Å². The summed E-state index contributed by atoms with van der Waals surface area (Å²) < 4.78 is 0. The standard InChI is InChI=1S/C13H21N3OS/c1-3-11-7-15-12(18-11)8-16(2)13(17)9-4-5-10(14)6-9/h7,9-10H,3-6,8,14H2,1-2H3. The number of carbonyl (C=O) groups excluding carboxylic acids is 1. The monoisotopic (exact) mass is 267 g/mol. The average Bonchev–Trinajstić information content (AvgIpc) is 2.97. The van der Waals surface area contributed by atoms with Crippen molar-refractivity contribution < 1.29 is 4.79 Å². The molecule has 0 radical (unpaired) electrons. The first kappa shape index (κ1) is 13.5. The Kier molecular flexibility index (Phi) is 4.35. The molecular weight excluding hydrogens is 246 g/mol. The van der Waals surface area contributed by atoms with Gasteiger partial charge in [-0.15, -0.1) is 11.3 Å². The van der Waals surface area contributed by atoms with E-state index in [1.807, 2.05) is 13.2 Å². The molecule has 1 aliphatic carbocycles. The second-order valence-corrected chi connectivity index (χ2v) is 6.24. The van der Waals surface area contributed by atoms with Crippen molar-refractivity contribution in [2.24, 2.45) is 11.7 Å². The Morgan fingerprint density at radius 1 is 1.61 bits per heavy atom. The van der Waals surface area contributed by atoms with E-state index >= 15 is 0 Å². The van der Waals surface area contributed by atoms with Gasteiger partial charge in [-0.05, 0) is 25.7 Å². The summed E-state index contributed by atoms with van der Waals surface area (Å²) in [6.07, 6.45) is 5.65. The average molecular weight is 267 g/mol. The van der Waals surface area contributed by atoms with E-state index in [2.05, 4.69) is 11.9 Å². The van der Waals surface area contributed by atoms with Crippen LogP contribution in [-0.2, 0) is 17.8 Å². The van der Waals surface area contributed by atoms with Crippen molar-refractivity contribution in [3.05, 3.63) is 16.1 Å². The number of nitrogens with two attached hydrogens (primary N) is 1. The molecule has 1 fully saturated rings. The molecule has 0 saturated heterocycles. The topological polar surface area (TPSA) is 59.2 Å². The van der Waals surface area contributed by atoms with Gasteiger partial charge >= 0.3 is 0 Å². The second kappa shape index (κ2) is 5.80. The minimum Gasteiger partial charge on any atom is -0.339 e. The zero-order valence-electron chi connectivity index (χ0n) is 11.1. The maximum atomic E-state index is 12.2. The zero-order chi connectivity index (χ0) is 13.1. The van der Waals surface area contributed by atoms with Crippen LogP contribution in [0.2, 0.25) is 0 Å². The molecule has 1 saturated carbocycles. The normalized spacial score (nSPS) is 23.3. The summed E-state index contributed by atoms with van der Waals surface area (Å²) >= 11 is 1.69. The molecule has 0 spiro atoms. The largest absolute Gasteiger partial charge is 0.339 e. The highest BCUT2D eigenvalue weighted by molar-refractivity contribution is 7.11. The van der Waals surface area contributed by atoms with Crippen LogP contribution < -0.4 is 5.73 Å². The fourth-order valence-electron chi connectivity index (χ4n) is 2.42. The maximum Gasteiger partial charge on any atom is 0.225 e. The Morgan fingerprint density at radius 2 is 2.39 bits per heavy atom. The fourth-order valence-corrected chi connectivity index (χ4v) is 3.33. The number of rotatable bonds is 4. The number of hydrogen-bond donors (Lipinski definition) is 1. The minimum atomic E-state index is 0.121. The number of amides is 1. The lowest BCUT2D eigenvalue weighted by atomic mass is 10.1. The second-order valence-electron chi connectivity index (χ2n) is 5.04. The molecule has 1 aromatic rings. The molecule has 2 unspecified atom stereocenters. The number of hydrogen-bond acceptors (Lipinski definition) is 4. The molecule has 100 valence electrons. The number of nitrogens with zero attached hydrogens (tertiary/aromatic N) is 2. The van der Waals surface area contributed by atoms with Gasteiger partial charge in [0, 0.05) is 30.1 Å². The number of aromatic nitrogens is 1. The fraction of sp³-hybridized carbons (Fsp3) is 0.692. The predicted octanol–water partition coefficient (Wildman–Crippen LogP) is 1.79. The van der Waals surface area contributed by atoms with E-state index in [1.54, 1.807) is 16.2 Å². The molecule has 5 heteroatoms. The summed E-state index contributed by atoms with van der Waals surface area (Å²) in [5.41, 5.74) is 5.86. The molecular formula is C13H21N3OS. The molecule has 0 aromatic carbocycles. The van der Waals surface area contributed by atoms with Gasteiger partial charge in [0.2, 0.25) is 5.91 Å². The third-order valence-electron chi connectivity index (χ3n) is 3.52. The van der Waals surface area contributed by atoms with Crippen molar-refractivity contribution in [3.63, 3.8) is 0 Å². The summed E-state index contributed by atoms with van der Waals surface area (Å²) in [5.74, 6) is 0.340. The lowest BCUT2D eigenvalue weighted by Gasteiger charge is -2.19. The summed E-state index contributed by atoms with van der Waals surface area (Å²) in [4.78, 5) is 19.6. The first-order valence-electron chi connectivity index (χ1n) is 6.54. The molecule has 1 heterocycles. The third kappa shape index (κ3) is 3.09. The Hall–Kier alpha value is -0.940. The van der Waals surface area contributed by atoms with E-state index in [9.17, 15) is 4.79 Å². The smallest absolute Gasteiger partial charge is 0.225 e. The van der Waals surface area contributed by atoms with Gasteiger partial charge < -0.3 is 10.6 Å². The van der Waals surface area contributed by atoms with Gasteiger partial charge in [-0.25, -0.2) is 4.98 Å². The summed E-state index contributed by atoms with van der Waals surface area (Å²) in [6.45, 7) is 2.74. The van der Waals surface area contributed by atoms with E-state index in [1.165, 1.54) is 4.88 Å². The van der Waals surface area contributed by atoms with Crippen LogP contribution in [0, 0.1) is 5.92 Å². The summed E-state index contributed by atoms with van der Waals surface area (Å²) in [5, 5.41) is 1.02. The van der Waals surface area contributed by atoms with Gasteiger partial charge in [0.25, 0.3) is 0 Å². The van der Waals surface area contributed by atoms with Gasteiger partial charge in [-0.2, -0.15) is 0 Å². The Balaban J connectivity index is 1.90. The Bertz CT molecular complexity index is 418. The molecule has 1 aliphatic rings. The van der Waals surface area contributed by atoms with Crippen LogP contribution in [0.3, 0.4) is 0 Å². The summed E-state index contributed by atoms with van der Waals surface area (Å²) in [6, 6.07) is 0.207. The molecule has 2 N–H and O–H groups in total. The van der Waals surface area contributed by atoms with Gasteiger partial charge in [0.05, 0.1) is 6.54 Å². The van der Waals surface area contributed by atoms with Crippen molar-refractivity contribution in [1.29, 1.82) is 0 Å². The van der Waals surface area contributed by atoms with Crippen LogP contribution in [0.4, 0.5) is 0 Å². The lowest BCUT2D eigenvalue weighted by molar-refractivity contribution is -0.134. The minimum absolute atomic E-state index is 0.121. The highest BCUT2D eigenvalue weighted by Gasteiger charge is 2.29. The van der Waals surface area contributed by atoms with Crippen molar-refractivity contribution in [1.82, 2.24) is 9.88 Å². The van der Waals surface area contributed by atoms with Crippen molar-refractivity contribution >= 4 is 17.2 Å². The molecule has 2 rings (SSSR count). The predicted molar refractivity (Wildman–Crippen MR) is 73.3 cm³/mol.